The summed E-state index contributed by atoms with van der Waals surface area (Å²) < 4.78 is 12.9. The van der Waals surface area contributed by atoms with Crippen LogP contribution in [0.2, 0.25) is 0 Å². The molecule has 0 aliphatic heterocycles. The third-order valence-electron chi connectivity index (χ3n) is 3.36. The molecule has 1 aromatic rings. The molecule has 0 radical (unpaired) electrons. The van der Waals surface area contributed by atoms with Crippen molar-refractivity contribution in [3.05, 3.63) is 35.1 Å². The van der Waals surface area contributed by atoms with E-state index in [1.165, 1.54) is 18.4 Å². The van der Waals surface area contributed by atoms with E-state index in [2.05, 4.69) is 0 Å². The van der Waals surface area contributed by atoms with Crippen molar-refractivity contribution < 1.29 is 4.39 Å². The predicted octanol–water partition coefficient (Wildman–Crippen LogP) is 4.47. The van der Waals surface area contributed by atoms with E-state index in [0.29, 0.717) is 5.38 Å². The Morgan fingerprint density at radius 3 is 2.81 bits per heavy atom. The van der Waals surface area contributed by atoms with Crippen LogP contribution in [0.3, 0.4) is 0 Å². The topological polar surface area (TPSA) is 0 Å². The van der Waals surface area contributed by atoms with E-state index in [1.807, 2.05) is 13.0 Å². The molecule has 0 bridgehead atoms. The second kappa shape index (κ2) is 5.18. The zero-order valence-corrected chi connectivity index (χ0v) is 10.4. The van der Waals surface area contributed by atoms with E-state index in [0.717, 1.165) is 30.7 Å². The number of hydrogen-bond donors (Lipinski definition) is 0. The maximum absolute atomic E-state index is 12.9. The molecule has 2 heteroatoms. The fraction of sp³-hybridized carbons (Fsp3) is 0.571. The molecular weight excluding hydrogens is 223 g/mol. The van der Waals surface area contributed by atoms with Crippen LogP contribution in [0.15, 0.2) is 18.2 Å². The Morgan fingerprint density at radius 1 is 1.44 bits per heavy atom. The van der Waals surface area contributed by atoms with E-state index in [1.54, 1.807) is 12.1 Å². The SMILES string of the molecule is Cc1cc(F)ccc1CCCC(Cl)C1CC1. The zero-order chi connectivity index (χ0) is 11.5. The molecule has 0 nitrogen and oxygen atoms in total. The van der Waals surface area contributed by atoms with E-state index in [9.17, 15) is 4.39 Å². The number of rotatable bonds is 5. The van der Waals surface area contributed by atoms with Crippen molar-refractivity contribution in [2.45, 2.75) is 44.4 Å². The molecule has 1 atom stereocenters. The third kappa shape index (κ3) is 3.21. The van der Waals surface area contributed by atoms with Crippen LogP contribution in [0, 0.1) is 18.7 Å². The smallest absolute Gasteiger partial charge is 0.123 e. The Morgan fingerprint density at radius 2 is 2.19 bits per heavy atom. The zero-order valence-electron chi connectivity index (χ0n) is 9.68. The molecule has 1 aliphatic rings. The molecule has 0 aromatic heterocycles. The van der Waals surface area contributed by atoms with Gasteiger partial charge < -0.3 is 0 Å². The average Bonchev–Trinajstić information content (AvgIpc) is 3.04. The summed E-state index contributed by atoms with van der Waals surface area (Å²) in [5.41, 5.74) is 2.30. The van der Waals surface area contributed by atoms with Crippen molar-refractivity contribution in [1.82, 2.24) is 0 Å². The van der Waals surface area contributed by atoms with Gasteiger partial charge in [-0.1, -0.05) is 6.07 Å². The summed E-state index contributed by atoms with van der Waals surface area (Å²) in [6.07, 6.45) is 5.83. The minimum Gasteiger partial charge on any atom is -0.207 e. The highest BCUT2D eigenvalue weighted by molar-refractivity contribution is 6.20. The monoisotopic (exact) mass is 240 g/mol. The third-order valence-corrected chi connectivity index (χ3v) is 3.94. The van der Waals surface area contributed by atoms with Gasteiger partial charge in [-0.2, -0.15) is 0 Å². The Bertz CT molecular complexity index is 358. The van der Waals surface area contributed by atoms with Crippen molar-refractivity contribution in [3.63, 3.8) is 0 Å². The quantitative estimate of drug-likeness (QED) is 0.666. The molecule has 2 rings (SSSR count). The van der Waals surface area contributed by atoms with Crippen LogP contribution >= 0.6 is 11.6 Å². The molecule has 0 N–H and O–H groups in total. The highest BCUT2D eigenvalue weighted by atomic mass is 35.5. The van der Waals surface area contributed by atoms with Gasteiger partial charge in [0.05, 0.1) is 0 Å². The van der Waals surface area contributed by atoms with Crippen molar-refractivity contribution >= 4 is 11.6 Å². The number of benzene rings is 1. The summed E-state index contributed by atoms with van der Waals surface area (Å²) in [5.74, 6) is 0.630. The van der Waals surface area contributed by atoms with Crippen LogP contribution in [0.25, 0.3) is 0 Å². The lowest BCUT2D eigenvalue weighted by Gasteiger charge is -2.09. The summed E-state index contributed by atoms with van der Waals surface area (Å²) in [7, 11) is 0. The Kier molecular flexibility index (Phi) is 3.86. The van der Waals surface area contributed by atoms with Gasteiger partial charge in [-0.05, 0) is 68.2 Å². The first-order valence-electron chi connectivity index (χ1n) is 6.06. The molecule has 1 aromatic carbocycles. The molecule has 1 fully saturated rings. The lowest BCUT2D eigenvalue weighted by Crippen LogP contribution is -2.02. The lowest BCUT2D eigenvalue weighted by molar-refractivity contribution is 0.620. The Labute approximate surface area is 102 Å². The number of alkyl halides is 1. The average molecular weight is 241 g/mol. The molecule has 1 aliphatic carbocycles. The van der Waals surface area contributed by atoms with Gasteiger partial charge in [0.25, 0.3) is 0 Å². The standard InChI is InChI=1S/C14H18ClF/c1-10-9-13(16)8-7-11(10)3-2-4-14(15)12-5-6-12/h7-9,12,14H,2-6H2,1H3. The van der Waals surface area contributed by atoms with Crippen LogP contribution in [0.4, 0.5) is 4.39 Å². The lowest BCUT2D eigenvalue weighted by atomic mass is 10.0. The van der Waals surface area contributed by atoms with E-state index in [-0.39, 0.29) is 5.82 Å². The van der Waals surface area contributed by atoms with Crippen LogP contribution in [0.1, 0.15) is 36.8 Å². The van der Waals surface area contributed by atoms with Crippen LogP contribution in [0.5, 0.6) is 0 Å². The molecule has 0 saturated heterocycles. The molecule has 0 heterocycles. The van der Waals surface area contributed by atoms with Crippen LogP contribution < -0.4 is 0 Å². The first-order valence-corrected chi connectivity index (χ1v) is 6.49. The highest BCUT2D eigenvalue weighted by Gasteiger charge is 2.28. The van der Waals surface area contributed by atoms with Gasteiger partial charge >= 0.3 is 0 Å². The van der Waals surface area contributed by atoms with Crippen LogP contribution in [-0.4, -0.2) is 5.38 Å². The van der Waals surface area contributed by atoms with Crippen molar-refractivity contribution in [1.29, 1.82) is 0 Å². The molecular formula is C14H18ClF. The normalized spacial score (nSPS) is 17.4. The van der Waals surface area contributed by atoms with E-state index < -0.39 is 0 Å². The predicted molar refractivity (Wildman–Crippen MR) is 66.4 cm³/mol. The summed E-state index contributed by atoms with van der Waals surface area (Å²) in [6, 6.07) is 5.04. The number of hydrogen-bond acceptors (Lipinski definition) is 0. The fourth-order valence-corrected chi connectivity index (χ4v) is 2.53. The van der Waals surface area contributed by atoms with Gasteiger partial charge in [0.2, 0.25) is 0 Å². The van der Waals surface area contributed by atoms with Gasteiger partial charge in [-0.25, -0.2) is 4.39 Å². The molecule has 0 amide bonds. The summed E-state index contributed by atoms with van der Waals surface area (Å²) >= 11 is 6.25. The Hall–Kier alpha value is -0.560. The molecule has 0 spiro atoms. The minimum atomic E-state index is -0.144. The summed E-state index contributed by atoms with van der Waals surface area (Å²) in [4.78, 5) is 0. The van der Waals surface area contributed by atoms with Crippen molar-refractivity contribution in [2.24, 2.45) is 5.92 Å². The maximum Gasteiger partial charge on any atom is 0.123 e. The van der Waals surface area contributed by atoms with Gasteiger partial charge in [0.15, 0.2) is 0 Å². The molecule has 16 heavy (non-hydrogen) atoms. The van der Waals surface area contributed by atoms with Gasteiger partial charge in [-0.3, -0.25) is 0 Å². The molecule has 88 valence electrons. The summed E-state index contributed by atoms with van der Waals surface area (Å²) in [5, 5.41) is 0.362. The largest absolute Gasteiger partial charge is 0.207 e. The van der Waals surface area contributed by atoms with Gasteiger partial charge in [0, 0.05) is 5.38 Å². The highest BCUT2D eigenvalue weighted by Crippen LogP contribution is 2.37. The van der Waals surface area contributed by atoms with Crippen LogP contribution in [-0.2, 0) is 6.42 Å². The van der Waals surface area contributed by atoms with Crippen molar-refractivity contribution in [3.8, 4) is 0 Å². The second-order valence-electron chi connectivity index (χ2n) is 4.82. The second-order valence-corrected chi connectivity index (χ2v) is 5.38. The Balaban J connectivity index is 1.80. The summed E-state index contributed by atoms with van der Waals surface area (Å²) in [6.45, 7) is 1.97. The number of halogens is 2. The first-order chi connectivity index (χ1) is 7.66. The maximum atomic E-state index is 12.9. The van der Waals surface area contributed by atoms with Gasteiger partial charge in [-0.15, -0.1) is 11.6 Å². The molecule has 1 saturated carbocycles. The fourth-order valence-electron chi connectivity index (χ4n) is 2.12. The van der Waals surface area contributed by atoms with Gasteiger partial charge in [0.1, 0.15) is 5.82 Å². The first kappa shape index (κ1) is 11.9. The van der Waals surface area contributed by atoms with Crippen molar-refractivity contribution in [2.75, 3.05) is 0 Å². The minimum absolute atomic E-state index is 0.144. The van der Waals surface area contributed by atoms with E-state index >= 15 is 0 Å². The van der Waals surface area contributed by atoms with E-state index in [4.69, 9.17) is 11.6 Å². The molecule has 1 unspecified atom stereocenters. The number of aryl methyl sites for hydroxylation is 2.